The van der Waals surface area contributed by atoms with E-state index in [4.69, 9.17) is 0 Å². The summed E-state index contributed by atoms with van der Waals surface area (Å²) in [5.41, 5.74) is 2.57. The first-order valence-corrected chi connectivity index (χ1v) is 15.6. The van der Waals surface area contributed by atoms with Crippen molar-refractivity contribution in [2.24, 2.45) is 17.8 Å². The summed E-state index contributed by atoms with van der Waals surface area (Å²) in [4.78, 5) is 32.0. The van der Waals surface area contributed by atoms with E-state index in [-0.39, 0.29) is 17.9 Å². The first-order chi connectivity index (χ1) is 19.5. The van der Waals surface area contributed by atoms with Crippen LogP contribution in [0.1, 0.15) is 75.8 Å². The lowest BCUT2D eigenvalue weighted by Crippen LogP contribution is -2.73. The molecule has 3 saturated carbocycles. The van der Waals surface area contributed by atoms with E-state index in [1.165, 1.54) is 31.2 Å². The van der Waals surface area contributed by atoms with Crippen LogP contribution in [0.4, 0.5) is 5.69 Å². The summed E-state index contributed by atoms with van der Waals surface area (Å²) in [5.74, 6) is 2.55. The van der Waals surface area contributed by atoms with E-state index in [0.717, 1.165) is 68.5 Å². The Balaban J connectivity index is 1.05. The average molecular weight is 541 g/mol. The first-order valence-electron chi connectivity index (χ1n) is 15.6. The minimum absolute atomic E-state index is 0.0869. The van der Waals surface area contributed by atoms with Crippen molar-refractivity contribution in [3.05, 3.63) is 65.7 Å². The molecule has 40 heavy (non-hydrogen) atoms. The van der Waals surface area contributed by atoms with Gasteiger partial charge < -0.3 is 15.5 Å². The van der Waals surface area contributed by atoms with Crippen LogP contribution in [0.3, 0.4) is 0 Å². The van der Waals surface area contributed by atoms with Crippen LogP contribution in [-0.4, -0.2) is 52.8 Å². The molecule has 3 aliphatic carbocycles. The number of anilines is 1. The van der Waals surface area contributed by atoms with Crippen molar-refractivity contribution < 1.29 is 9.59 Å². The normalized spacial score (nSPS) is 27.6. The van der Waals surface area contributed by atoms with Crippen LogP contribution < -0.4 is 10.6 Å². The van der Waals surface area contributed by atoms with E-state index in [1.54, 1.807) is 0 Å². The van der Waals surface area contributed by atoms with Gasteiger partial charge in [0.25, 0.3) is 0 Å². The smallest absolute Gasteiger partial charge is 0.246 e. The molecule has 2 saturated heterocycles. The molecule has 2 atom stereocenters. The van der Waals surface area contributed by atoms with Crippen molar-refractivity contribution in [2.45, 2.75) is 89.4 Å². The lowest BCUT2D eigenvalue weighted by Gasteiger charge is -2.53. The predicted molar refractivity (Wildman–Crippen MR) is 157 cm³/mol. The number of likely N-dealkylation sites (tertiary alicyclic amines) is 1. The predicted octanol–water partition coefficient (Wildman–Crippen LogP) is 5.19. The van der Waals surface area contributed by atoms with Gasteiger partial charge >= 0.3 is 0 Å². The molecular weight excluding hydrogens is 496 g/mol. The third-order valence-corrected chi connectivity index (χ3v) is 10.2. The molecule has 2 aromatic carbocycles. The van der Waals surface area contributed by atoms with Gasteiger partial charge in [0.1, 0.15) is 11.6 Å². The maximum absolute atomic E-state index is 13.9. The van der Waals surface area contributed by atoms with E-state index in [0.29, 0.717) is 25.3 Å². The van der Waals surface area contributed by atoms with Crippen molar-refractivity contribution in [1.82, 2.24) is 15.1 Å². The summed E-state index contributed by atoms with van der Waals surface area (Å²) in [6.07, 6.45) is 9.37. The van der Waals surface area contributed by atoms with Crippen LogP contribution in [-0.2, 0) is 22.7 Å². The molecule has 0 aromatic heterocycles. The van der Waals surface area contributed by atoms with Crippen LogP contribution in [0.5, 0.6) is 0 Å². The number of piperidine rings is 1. The van der Waals surface area contributed by atoms with Gasteiger partial charge in [-0.3, -0.25) is 14.5 Å². The van der Waals surface area contributed by atoms with Gasteiger partial charge in [-0.1, -0.05) is 56.2 Å². The third kappa shape index (κ3) is 5.59. The number of rotatable bonds is 10. The molecule has 6 heteroatoms. The molecule has 2 heterocycles. The largest absolute Gasteiger partial charge is 0.374 e. The van der Waals surface area contributed by atoms with E-state index >= 15 is 0 Å². The van der Waals surface area contributed by atoms with E-state index in [9.17, 15) is 9.59 Å². The molecule has 7 rings (SSSR count). The molecule has 0 radical (unpaired) electrons. The second-order valence-corrected chi connectivity index (χ2v) is 12.7. The van der Waals surface area contributed by atoms with Gasteiger partial charge in [-0.2, -0.15) is 0 Å². The van der Waals surface area contributed by atoms with E-state index < -0.39 is 5.54 Å². The van der Waals surface area contributed by atoms with Crippen molar-refractivity contribution in [2.75, 3.05) is 25.0 Å². The standard InChI is InChI=1S/C34H44N4O2/c1-2-3-17-38-32(39)31(22-28-12-9-27-20-29(28)21-27)36-33(40)34(38)15-18-37(19-16-34)24-26-10-13-30(14-11-26)35-23-25-7-5-4-6-8-25/h4-8,10,13,27-29,31,35H,2-3,9,12,15-24H2,1H3,(H,36,40). The fraction of sp³-hybridized carbons (Fsp3) is 0.588. The van der Waals surface area contributed by atoms with Crippen LogP contribution in [0.25, 0.3) is 0 Å². The maximum atomic E-state index is 13.9. The Labute approximate surface area is 239 Å². The van der Waals surface area contributed by atoms with Crippen LogP contribution in [0.2, 0.25) is 0 Å². The van der Waals surface area contributed by atoms with Gasteiger partial charge in [0.2, 0.25) is 11.8 Å². The summed E-state index contributed by atoms with van der Waals surface area (Å²) >= 11 is 0. The minimum Gasteiger partial charge on any atom is -0.374 e. The number of carbonyl (C=O) groups is 2. The number of hydrogen-bond donors (Lipinski definition) is 2. The van der Waals surface area contributed by atoms with Gasteiger partial charge in [-0.25, -0.2) is 0 Å². The second kappa shape index (κ2) is 11.8. The van der Waals surface area contributed by atoms with Gasteiger partial charge in [0.05, 0.1) is 5.69 Å². The zero-order chi connectivity index (χ0) is 27.5. The Morgan fingerprint density at radius 2 is 1.82 bits per heavy atom. The highest BCUT2D eigenvalue weighted by Gasteiger charge is 2.54. The highest BCUT2D eigenvalue weighted by atomic mass is 16.2. The summed E-state index contributed by atoms with van der Waals surface area (Å²) < 4.78 is 0. The fourth-order valence-electron chi connectivity index (χ4n) is 7.60. The Morgan fingerprint density at radius 1 is 1.02 bits per heavy atom. The highest BCUT2D eigenvalue weighted by Crippen LogP contribution is 2.50. The monoisotopic (exact) mass is 540 g/mol. The molecule has 5 aliphatic rings. The van der Waals surface area contributed by atoms with E-state index in [2.05, 4.69) is 58.9 Å². The maximum Gasteiger partial charge on any atom is 0.246 e. The lowest BCUT2D eigenvalue weighted by molar-refractivity contribution is -0.162. The third-order valence-electron chi connectivity index (χ3n) is 10.2. The molecule has 2 aromatic rings. The number of benzene rings is 1. The molecule has 2 N–H and O–H groups in total. The summed E-state index contributed by atoms with van der Waals surface area (Å²) in [7, 11) is 0. The first kappa shape index (κ1) is 27.1. The van der Waals surface area contributed by atoms with Gasteiger partial charge in [-0.05, 0) is 86.5 Å². The molecule has 6 nitrogen and oxygen atoms in total. The van der Waals surface area contributed by atoms with E-state index in [1.807, 2.05) is 23.1 Å². The van der Waals surface area contributed by atoms with Crippen molar-refractivity contribution >= 4 is 17.5 Å². The topological polar surface area (TPSA) is 64.7 Å². The van der Waals surface area contributed by atoms with Gasteiger partial charge in [0.15, 0.2) is 0 Å². The number of amides is 2. The zero-order valence-electron chi connectivity index (χ0n) is 24.0. The molecule has 5 fully saturated rings. The van der Waals surface area contributed by atoms with Gasteiger partial charge in [0, 0.05) is 38.3 Å². The molecule has 212 valence electrons. The molecule has 1 spiro atoms. The Kier molecular flexibility index (Phi) is 8.03. The quantitative estimate of drug-likeness (QED) is 0.436. The number of unbranched alkanes of at least 4 members (excludes halogenated alkanes) is 1. The Morgan fingerprint density at radius 3 is 2.50 bits per heavy atom. The van der Waals surface area contributed by atoms with Crippen molar-refractivity contribution in [3.8, 4) is 0 Å². The minimum atomic E-state index is -0.700. The zero-order valence-corrected chi connectivity index (χ0v) is 24.0. The summed E-state index contributed by atoms with van der Waals surface area (Å²) in [6.45, 7) is 5.98. The molecule has 2 aliphatic heterocycles. The summed E-state index contributed by atoms with van der Waals surface area (Å²) in [6, 6.07) is 20.8. The molecule has 2 amide bonds. The number of nitrogens with zero attached hydrogens (tertiary/aromatic N) is 2. The second-order valence-electron chi connectivity index (χ2n) is 12.7. The fourth-order valence-corrected chi connectivity index (χ4v) is 7.60. The van der Waals surface area contributed by atoms with Crippen molar-refractivity contribution in [3.63, 3.8) is 0 Å². The van der Waals surface area contributed by atoms with Crippen LogP contribution in [0, 0.1) is 29.9 Å². The lowest BCUT2D eigenvalue weighted by atomic mass is 9.59. The van der Waals surface area contributed by atoms with Gasteiger partial charge in [-0.15, -0.1) is 0 Å². The highest BCUT2D eigenvalue weighted by molar-refractivity contribution is 6.00. The number of piperazine rings is 1. The molecular formula is C34H44N4O2. The average Bonchev–Trinajstić information content (AvgIpc) is 2.97. The van der Waals surface area contributed by atoms with Crippen LogP contribution >= 0.6 is 0 Å². The Bertz CT molecular complexity index is 1150. The number of hydrogen-bond acceptors (Lipinski definition) is 4. The number of fused-ring (bicyclic) bond motifs is 2. The molecule has 2 bridgehead atoms. The Hall–Kier alpha value is -3.04. The number of carbonyl (C=O) groups excluding carboxylic acids is 2. The van der Waals surface area contributed by atoms with Crippen LogP contribution in [0.15, 0.2) is 42.5 Å². The number of nitrogens with one attached hydrogen (secondary N) is 2. The van der Waals surface area contributed by atoms with Crippen molar-refractivity contribution in [1.29, 1.82) is 0 Å². The SMILES string of the molecule is CCCCN1C(=O)C(CC2CCC3CC2C3)NC(=O)C12CCN(Cc1c#cc(NCc3ccccc3)cc1)CC2. The molecule has 2 unspecified atom stereocenters. The summed E-state index contributed by atoms with van der Waals surface area (Å²) in [5, 5.41) is 6.66.